The Morgan fingerprint density at radius 3 is 2.55 bits per heavy atom. The van der Waals surface area contributed by atoms with Crippen LogP contribution in [-0.2, 0) is 0 Å². The quantitative estimate of drug-likeness (QED) is 0.467. The second-order valence-electron chi connectivity index (χ2n) is 1.91. The maximum Gasteiger partial charge on any atom is 0.273 e. The maximum absolute atomic E-state index is 10.5. The molecule has 0 bridgehead atoms. The van der Waals surface area contributed by atoms with E-state index in [4.69, 9.17) is 5.11 Å². The molecule has 58 valence electrons. The number of nitrogens with zero attached hydrogens (tertiary/aromatic N) is 1. The van der Waals surface area contributed by atoms with E-state index in [0.717, 1.165) is 18.2 Å². The zero-order valence-electron chi connectivity index (χ0n) is 5.35. The monoisotopic (exact) mass is 154 g/mol. The first kappa shape index (κ1) is 7.33. The van der Waals surface area contributed by atoms with Crippen molar-refractivity contribution < 1.29 is 15.1 Å². The van der Waals surface area contributed by atoms with E-state index < -0.39 is 16.4 Å². The van der Waals surface area contributed by atoms with E-state index >= 15 is 0 Å². The van der Waals surface area contributed by atoms with Gasteiger partial charge in [0.1, 0.15) is 5.75 Å². The number of nitro benzene ring substituents is 1. The fourth-order valence-corrected chi connectivity index (χ4v) is 0.619. The molecular formula is C6H4NO4-. The topological polar surface area (TPSA) is 86.4 Å². The van der Waals surface area contributed by atoms with Gasteiger partial charge in [-0.05, 0) is 0 Å². The van der Waals surface area contributed by atoms with Crippen LogP contribution in [0.2, 0.25) is 0 Å². The molecule has 11 heavy (non-hydrogen) atoms. The third-order valence-corrected chi connectivity index (χ3v) is 1.15. The van der Waals surface area contributed by atoms with E-state index in [1.54, 1.807) is 0 Å². The van der Waals surface area contributed by atoms with Crippen molar-refractivity contribution in [3.8, 4) is 11.5 Å². The molecule has 1 aromatic rings. The average Bonchev–Trinajstić information content (AvgIpc) is 1.94. The molecule has 0 aliphatic carbocycles. The zero-order valence-corrected chi connectivity index (χ0v) is 5.35. The fourth-order valence-electron chi connectivity index (χ4n) is 0.619. The van der Waals surface area contributed by atoms with Gasteiger partial charge in [-0.25, -0.2) is 0 Å². The summed E-state index contributed by atoms with van der Waals surface area (Å²) in [5.74, 6) is -1.21. The third kappa shape index (κ3) is 1.37. The number of rotatable bonds is 1. The number of phenols is 1. The predicted molar refractivity (Wildman–Crippen MR) is 34.2 cm³/mol. The van der Waals surface area contributed by atoms with Crippen molar-refractivity contribution >= 4 is 5.69 Å². The molecule has 0 aromatic heterocycles. The van der Waals surface area contributed by atoms with Gasteiger partial charge in [0.15, 0.2) is 0 Å². The Labute approximate surface area is 61.7 Å². The van der Waals surface area contributed by atoms with E-state index in [1.165, 1.54) is 0 Å². The Kier molecular flexibility index (Phi) is 1.63. The number of hydrogen-bond acceptors (Lipinski definition) is 4. The zero-order chi connectivity index (χ0) is 8.43. The van der Waals surface area contributed by atoms with Gasteiger partial charge in [-0.1, -0.05) is 11.8 Å². The Hall–Kier alpha value is -1.78. The van der Waals surface area contributed by atoms with Crippen molar-refractivity contribution in [3.63, 3.8) is 0 Å². The molecule has 0 heterocycles. The number of nitro groups is 1. The van der Waals surface area contributed by atoms with E-state index in [2.05, 4.69) is 0 Å². The lowest BCUT2D eigenvalue weighted by atomic mass is 10.3. The Balaban J connectivity index is 3.15. The third-order valence-electron chi connectivity index (χ3n) is 1.15. The second kappa shape index (κ2) is 2.45. The molecule has 0 unspecified atom stereocenters. The Bertz CT molecular complexity index is 297. The van der Waals surface area contributed by atoms with E-state index in [-0.39, 0.29) is 5.69 Å². The van der Waals surface area contributed by atoms with Crippen molar-refractivity contribution in [1.82, 2.24) is 0 Å². The van der Waals surface area contributed by atoms with Crippen LogP contribution in [0.15, 0.2) is 18.2 Å². The number of benzene rings is 1. The molecule has 0 aliphatic heterocycles. The largest absolute Gasteiger partial charge is 0.870 e. The first-order valence-corrected chi connectivity index (χ1v) is 2.75. The molecule has 0 fully saturated rings. The summed E-state index contributed by atoms with van der Waals surface area (Å²) in [5.41, 5.74) is -0.290. The number of non-ortho nitro benzene ring substituents is 1. The second-order valence-corrected chi connectivity index (χ2v) is 1.91. The highest BCUT2D eigenvalue weighted by atomic mass is 16.6. The van der Waals surface area contributed by atoms with Crippen LogP contribution in [0.5, 0.6) is 11.5 Å². The summed E-state index contributed by atoms with van der Waals surface area (Å²) in [7, 11) is 0. The van der Waals surface area contributed by atoms with Gasteiger partial charge in [0.25, 0.3) is 5.69 Å². The summed E-state index contributed by atoms with van der Waals surface area (Å²) in [6.45, 7) is 0. The first-order chi connectivity index (χ1) is 5.11. The lowest BCUT2D eigenvalue weighted by molar-refractivity contribution is -0.385. The molecule has 0 aliphatic rings. The summed E-state index contributed by atoms with van der Waals surface area (Å²) in [4.78, 5) is 9.38. The molecule has 0 radical (unpaired) electrons. The average molecular weight is 154 g/mol. The van der Waals surface area contributed by atoms with Crippen LogP contribution in [0.25, 0.3) is 0 Å². The van der Waals surface area contributed by atoms with Gasteiger partial charge in [0, 0.05) is 6.07 Å². The summed E-state index contributed by atoms with van der Waals surface area (Å²) in [6, 6.07) is 2.82. The minimum atomic E-state index is -0.681. The highest BCUT2D eigenvalue weighted by Crippen LogP contribution is 2.25. The Morgan fingerprint density at radius 1 is 1.45 bits per heavy atom. The summed E-state index contributed by atoms with van der Waals surface area (Å²) < 4.78 is 0. The van der Waals surface area contributed by atoms with Crippen molar-refractivity contribution in [2.45, 2.75) is 0 Å². The summed E-state index contributed by atoms with van der Waals surface area (Å²) >= 11 is 0. The standard InChI is InChI=1S/C6H5NO4/c8-5-2-1-4(7(10)11)3-6(5)9/h1-3,8-9H/p-1. The molecule has 5 nitrogen and oxygen atoms in total. The van der Waals surface area contributed by atoms with Crippen LogP contribution in [0, 0.1) is 10.1 Å². The maximum atomic E-state index is 10.5. The van der Waals surface area contributed by atoms with Crippen molar-refractivity contribution in [2.75, 3.05) is 0 Å². The summed E-state index contributed by atoms with van der Waals surface area (Å²) in [6.07, 6.45) is 0. The minimum absolute atomic E-state index is 0.290. The number of phenolic OH excluding ortho intramolecular Hbond substituents is 1. The molecule has 1 N–H and O–H groups in total. The van der Waals surface area contributed by atoms with Gasteiger partial charge in [-0.15, -0.1) is 0 Å². The lowest BCUT2D eigenvalue weighted by Gasteiger charge is -2.05. The molecule has 0 saturated heterocycles. The highest BCUT2D eigenvalue weighted by Gasteiger charge is 2.04. The van der Waals surface area contributed by atoms with Crippen LogP contribution in [-0.4, -0.2) is 10.0 Å². The van der Waals surface area contributed by atoms with Crippen LogP contribution < -0.4 is 5.11 Å². The van der Waals surface area contributed by atoms with Crippen LogP contribution >= 0.6 is 0 Å². The molecule has 0 saturated carbocycles. The molecule has 0 amide bonds. The molecule has 1 rings (SSSR count). The van der Waals surface area contributed by atoms with E-state index in [1.807, 2.05) is 0 Å². The summed E-state index contributed by atoms with van der Waals surface area (Å²) in [5, 5.41) is 29.3. The van der Waals surface area contributed by atoms with Gasteiger partial charge in [0.2, 0.25) is 0 Å². The van der Waals surface area contributed by atoms with Crippen LogP contribution in [0.1, 0.15) is 0 Å². The van der Waals surface area contributed by atoms with E-state index in [9.17, 15) is 15.2 Å². The van der Waals surface area contributed by atoms with Crippen LogP contribution in [0.4, 0.5) is 5.69 Å². The van der Waals surface area contributed by atoms with Gasteiger partial charge in [-0.2, -0.15) is 0 Å². The van der Waals surface area contributed by atoms with E-state index in [0.29, 0.717) is 0 Å². The van der Waals surface area contributed by atoms with Gasteiger partial charge < -0.3 is 10.2 Å². The fraction of sp³-hybridized carbons (Fsp3) is 0. The van der Waals surface area contributed by atoms with Crippen molar-refractivity contribution in [1.29, 1.82) is 0 Å². The first-order valence-electron chi connectivity index (χ1n) is 2.75. The van der Waals surface area contributed by atoms with Crippen molar-refractivity contribution in [3.05, 3.63) is 28.3 Å². The van der Waals surface area contributed by atoms with Crippen molar-refractivity contribution in [2.24, 2.45) is 0 Å². The van der Waals surface area contributed by atoms with Gasteiger partial charge in [0.05, 0.1) is 11.0 Å². The SMILES string of the molecule is O=[N+]([O-])c1ccc([O-])c(O)c1. The normalized spacial score (nSPS) is 9.45. The molecule has 5 heteroatoms. The molecular weight excluding hydrogens is 150 g/mol. The number of aromatic hydroxyl groups is 1. The van der Waals surface area contributed by atoms with Crippen LogP contribution in [0.3, 0.4) is 0 Å². The predicted octanol–water partition coefficient (Wildman–Crippen LogP) is 0.374. The smallest absolute Gasteiger partial charge is 0.273 e. The highest BCUT2D eigenvalue weighted by molar-refractivity contribution is 5.45. The molecule has 1 aromatic carbocycles. The number of hydrogen-bond donors (Lipinski definition) is 1. The minimum Gasteiger partial charge on any atom is -0.870 e. The van der Waals surface area contributed by atoms with Gasteiger partial charge in [-0.3, -0.25) is 10.1 Å². The molecule has 0 spiro atoms. The van der Waals surface area contributed by atoms with Gasteiger partial charge >= 0.3 is 0 Å². The lowest BCUT2D eigenvalue weighted by Crippen LogP contribution is -1.92. The molecule has 0 atom stereocenters. The Morgan fingerprint density at radius 2 is 2.09 bits per heavy atom.